The molecule has 0 atom stereocenters. The number of nitrogens with one attached hydrogen (secondary N) is 2. The molecule has 0 unspecified atom stereocenters. The Morgan fingerprint density at radius 1 is 1.32 bits per heavy atom. The van der Waals surface area contributed by atoms with Gasteiger partial charge in [-0.15, -0.1) is 0 Å². The highest BCUT2D eigenvalue weighted by Gasteiger charge is 2.11. The van der Waals surface area contributed by atoms with Crippen LogP contribution in [0, 0.1) is 0 Å². The molecule has 5 nitrogen and oxygen atoms in total. The molecule has 5 heteroatoms. The highest BCUT2D eigenvalue weighted by Crippen LogP contribution is 2.18. The Hall–Kier alpha value is -2.14. The normalized spacial score (nSPS) is 13.3. The standard InChI is InChI=1S/C14H18N4O/c1-18(2)10-9-15-14(19)13-8-7-11-5-3-4-6-12(11)16-17-13/h3-8,16H,9-10H2,1-2H3,(H,15,19). The predicted molar refractivity (Wildman–Crippen MR) is 78.1 cm³/mol. The second kappa shape index (κ2) is 6.15. The number of benzene rings is 1. The summed E-state index contributed by atoms with van der Waals surface area (Å²) in [5.41, 5.74) is 5.21. The lowest BCUT2D eigenvalue weighted by Gasteiger charge is -2.10. The largest absolute Gasteiger partial charge is 0.349 e. The first-order chi connectivity index (χ1) is 9.16. The van der Waals surface area contributed by atoms with Gasteiger partial charge in [-0.05, 0) is 31.8 Å². The maximum absolute atomic E-state index is 11.9. The lowest BCUT2D eigenvalue weighted by molar-refractivity contribution is -0.114. The number of hydrazone groups is 1. The van der Waals surface area contributed by atoms with Crippen molar-refractivity contribution in [1.29, 1.82) is 0 Å². The van der Waals surface area contributed by atoms with Crippen LogP contribution in [0.25, 0.3) is 6.08 Å². The Morgan fingerprint density at radius 2 is 2.11 bits per heavy atom. The molecule has 1 aromatic rings. The van der Waals surface area contributed by atoms with Crippen molar-refractivity contribution >= 4 is 23.4 Å². The van der Waals surface area contributed by atoms with Crippen molar-refractivity contribution in [2.45, 2.75) is 0 Å². The first-order valence-electron chi connectivity index (χ1n) is 6.20. The average molecular weight is 258 g/mol. The van der Waals surface area contributed by atoms with E-state index in [9.17, 15) is 4.79 Å². The topological polar surface area (TPSA) is 56.7 Å². The molecule has 0 fully saturated rings. The summed E-state index contributed by atoms with van der Waals surface area (Å²) in [5, 5.41) is 6.95. The molecule has 0 aromatic heterocycles. The summed E-state index contributed by atoms with van der Waals surface area (Å²) in [6, 6.07) is 7.78. The van der Waals surface area contributed by atoms with Crippen molar-refractivity contribution in [3.63, 3.8) is 0 Å². The molecule has 19 heavy (non-hydrogen) atoms. The number of rotatable bonds is 4. The highest BCUT2D eigenvalue weighted by molar-refractivity contribution is 6.44. The molecule has 1 aliphatic rings. The molecule has 1 amide bonds. The van der Waals surface area contributed by atoms with Crippen LogP contribution in [0.2, 0.25) is 0 Å². The van der Waals surface area contributed by atoms with Gasteiger partial charge in [-0.2, -0.15) is 5.10 Å². The molecule has 0 saturated heterocycles. The number of para-hydroxylation sites is 1. The van der Waals surface area contributed by atoms with Gasteiger partial charge in [-0.3, -0.25) is 10.2 Å². The third-order valence-corrected chi connectivity index (χ3v) is 2.76. The molecular formula is C14H18N4O. The second-order valence-electron chi connectivity index (χ2n) is 4.59. The fourth-order valence-corrected chi connectivity index (χ4v) is 1.68. The second-order valence-corrected chi connectivity index (χ2v) is 4.59. The first kappa shape index (κ1) is 13.3. The molecule has 1 heterocycles. The number of hydrogen-bond donors (Lipinski definition) is 2. The van der Waals surface area contributed by atoms with E-state index in [1.807, 2.05) is 49.3 Å². The van der Waals surface area contributed by atoms with Gasteiger partial charge < -0.3 is 10.2 Å². The zero-order valence-corrected chi connectivity index (χ0v) is 11.2. The summed E-state index contributed by atoms with van der Waals surface area (Å²) in [6.45, 7) is 1.40. The van der Waals surface area contributed by atoms with Gasteiger partial charge in [0.25, 0.3) is 5.91 Å². The fraction of sp³-hybridized carbons (Fsp3) is 0.286. The molecule has 1 aromatic carbocycles. The number of carbonyl (C=O) groups is 1. The Labute approximate surface area is 113 Å². The quantitative estimate of drug-likeness (QED) is 0.852. The van der Waals surface area contributed by atoms with E-state index in [1.165, 1.54) is 0 Å². The molecule has 0 bridgehead atoms. The monoisotopic (exact) mass is 258 g/mol. The van der Waals surface area contributed by atoms with Gasteiger partial charge in [-0.1, -0.05) is 24.3 Å². The molecule has 0 radical (unpaired) electrons. The Kier molecular flexibility index (Phi) is 4.30. The van der Waals surface area contributed by atoms with Crippen LogP contribution in [-0.4, -0.2) is 43.7 Å². The van der Waals surface area contributed by atoms with Crippen molar-refractivity contribution in [3.05, 3.63) is 35.9 Å². The van der Waals surface area contributed by atoms with Crippen LogP contribution in [0.5, 0.6) is 0 Å². The predicted octanol–water partition coefficient (Wildman–Crippen LogP) is 1.16. The fourth-order valence-electron chi connectivity index (χ4n) is 1.68. The first-order valence-corrected chi connectivity index (χ1v) is 6.20. The molecule has 100 valence electrons. The maximum atomic E-state index is 11.9. The summed E-state index contributed by atoms with van der Waals surface area (Å²) >= 11 is 0. The molecule has 0 saturated carbocycles. The van der Waals surface area contributed by atoms with Gasteiger partial charge in [0, 0.05) is 13.1 Å². The summed E-state index contributed by atoms with van der Waals surface area (Å²) in [4.78, 5) is 13.9. The van der Waals surface area contributed by atoms with E-state index in [0.29, 0.717) is 12.3 Å². The van der Waals surface area contributed by atoms with Crippen molar-refractivity contribution in [3.8, 4) is 0 Å². The van der Waals surface area contributed by atoms with Gasteiger partial charge in [0.2, 0.25) is 0 Å². The molecule has 2 N–H and O–H groups in total. The van der Waals surface area contributed by atoms with Crippen LogP contribution in [0.4, 0.5) is 5.69 Å². The molecule has 1 aliphatic heterocycles. The number of hydrogen-bond acceptors (Lipinski definition) is 4. The van der Waals surface area contributed by atoms with Crippen molar-refractivity contribution < 1.29 is 4.79 Å². The van der Waals surface area contributed by atoms with Gasteiger partial charge in [0.1, 0.15) is 5.71 Å². The molecule has 0 spiro atoms. The van der Waals surface area contributed by atoms with Crippen LogP contribution >= 0.6 is 0 Å². The van der Waals surface area contributed by atoms with Crippen molar-refractivity contribution in [2.24, 2.45) is 5.10 Å². The number of likely N-dealkylation sites (N-methyl/N-ethyl adjacent to an activating group) is 1. The smallest absolute Gasteiger partial charge is 0.271 e. The minimum absolute atomic E-state index is 0.168. The Morgan fingerprint density at radius 3 is 2.89 bits per heavy atom. The highest BCUT2D eigenvalue weighted by atomic mass is 16.1. The zero-order valence-electron chi connectivity index (χ0n) is 11.2. The number of amides is 1. The average Bonchev–Trinajstić information content (AvgIpc) is 2.60. The molecular weight excluding hydrogens is 240 g/mol. The summed E-state index contributed by atoms with van der Waals surface area (Å²) < 4.78 is 0. The summed E-state index contributed by atoms with van der Waals surface area (Å²) in [6.07, 6.45) is 3.61. The lowest BCUT2D eigenvalue weighted by atomic mass is 10.1. The minimum Gasteiger partial charge on any atom is -0.349 e. The van der Waals surface area contributed by atoms with E-state index < -0.39 is 0 Å². The summed E-state index contributed by atoms with van der Waals surface area (Å²) in [5.74, 6) is -0.168. The van der Waals surface area contributed by atoms with Crippen LogP contribution in [-0.2, 0) is 4.79 Å². The SMILES string of the molecule is CN(C)CCNC(=O)C1=NNc2ccccc2C=C1. The van der Waals surface area contributed by atoms with E-state index >= 15 is 0 Å². The van der Waals surface area contributed by atoms with Crippen LogP contribution in [0.15, 0.2) is 35.4 Å². The van der Waals surface area contributed by atoms with E-state index in [2.05, 4.69) is 15.8 Å². The zero-order chi connectivity index (χ0) is 13.7. The van der Waals surface area contributed by atoms with E-state index in [4.69, 9.17) is 0 Å². The minimum atomic E-state index is -0.168. The van der Waals surface area contributed by atoms with E-state index in [-0.39, 0.29) is 5.91 Å². The number of fused-ring (bicyclic) bond motifs is 1. The third kappa shape index (κ3) is 3.66. The number of carbonyl (C=O) groups excluding carboxylic acids is 1. The van der Waals surface area contributed by atoms with Crippen LogP contribution in [0.1, 0.15) is 5.56 Å². The number of nitrogens with zero attached hydrogens (tertiary/aromatic N) is 2. The van der Waals surface area contributed by atoms with Crippen molar-refractivity contribution in [1.82, 2.24) is 10.2 Å². The van der Waals surface area contributed by atoms with Gasteiger partial charge in [0.05, 0.1) is 5.69 Å². The van der Waals surface area contributed by atoms with Gasteiger partial charge in [0.15, 0.2) is 0 Å². The maximum Gasteiger partial charge on any atom is 0.271 e. The van der Waals surface area contributed by atoms with Crippen LogP contribution in [0.3, 0.4) is 0 Å². The van der Waals surface area contributed by atoms with E-state index in [0.717, 1.165) is 17.8 Å². The summed E-state index contributed by atoms with van der Waals surface area (Å²) in [7, 11) is 3.93. The Bertz CT molecular complexity index is 520. The number of anilines is 1. The van der Waals surface area contributed by atoms with Gasteiger partial charge >= 0.3 is 0 Å². The lowest BCUT2D eigenvalue weighted by Crippen LogP contribution is -2.35. The molecule has 2 rings (SSSR count). The van der Waals surface area contributed by atoms with Gasteiger partial charge in [-0.25, -0.2) is 0 Å². The van der Waals surface area contributed by atoms with E-state index in [1.54, 1.807) is 6.08 Å². The Balaban J connectivity index is 1.99. The van der Waals surface area contributed by atoms with Crippen LogP contribution < -0.4 is 10.7 Å². The third-order valence-electron chi connectivity index (χ3n) is 2.76. The van der Waals surface area contributed by atoms with Crippen molar-refractivity contribution in [2.75, 3.05) is 32.6 Å². The molecule has 0 aliphatic carbocycles.